The van der Waals surface area contributed by atoms with Crippen molar-refractivity contribution in [1.82, 2.24) is 4.72 Å². The van der Waals surface area contributed by atoms with E-state index in [1.54, 1.807) is 0 Å². The van der Waals surface area contributed by atoms with E-state index in [0.29, 0.717) is 13.0 Å². The van der Waals surface area contributed by atoms with Crippen LogP contribution in [0, 0.1) is 16.0 Å². The molecule has 0 amide bonds. The maximum atomic E-state index is 12.4. The number of nitrogens with zero attached hydrogens (tertiary/aromatic N) is 1. The topological polar surface area (TPSA) is 115 Å². The molecule has 0 aromatic heterocycles. The lowest BCUT2D eigenvalue weighted by Crippen LogP contribution is -2.40. The number of hydrogen-bond acceptors (Lipinski definition) is 5. The molecule has 1 aliphatic rings. The number of sulfonamides is 1. The minimum atomic E-state index is -4.02. The Morgan fingerprint density at radius 2 is 2.09 bits per heavy atom. The second kappa shape index (κ2) is 7.56. The maximum absolute atomic E-state index is 12.4. The van der Waals surface area contributed by atoms with Crippen molar-refractivity contribution in [3.63, 3.8) is 0 Å². The smallest absolute Gasteiger partial charge is 0.289 e. The van der Waals surface area contributed by atoms with Crippen molar-refractivity contribution in [2.45, 2.75) is 30.2 Å². The molecule has 10 heteroatoms. The Labute approximate surface area is 139 Å². The van der Waals surface area contributed by atoms with E-state index in [0.717, 1.165) is 25.0 Å². The number of nitrogens with one attached hydrogen (secondary N) is 1. The lowest BCUT2D eigenvalue weighted by atomic mass is 10.1. The van der Waals surface area contributed by atoms with Crippen LogP contribution in [0.3, 0.4) is 0 Å². The Kier molecular flexibility index (Phi) is 6.57. The number of rotatable bonds is 5. The van der Waals surface area contributed by atoms with Crippen molar-refractivity contribution in [1.29, 1.82) is 0 Å². The predicted octanol–water partition coefficient (Wildman–Crippen LogP) is 2.08. The van der Waals surface area contributed by atoms with Crippen LogP contribution in [0.25, 0.3) is 0 Å². The zero-order valence-electron chi connectivity index (χ0n) is 11.6. The standard InChI is InChI=1S/C12H16ClN3O4S.ClH/c13-9-4-5-11(16(17)18)12(6-9)21(19,20)15-10-3-1-2-8(10)7-14;/h4-6,8,10,15H,1-3,7,14H2;1H. The highest BCUT2D eigenvalue weighted by Gasteiger charge is 2.33. The van der Waals surface area contributed by atoms with Gasteiger partial charge in [0.1, 0.15) is 0 Å². The summed E-state index contributed by atoms with van der Waals surface area (Å²) < 4.78 is 27.3. The third-order valence-electron chi connectivity index (χ3n) is 3.68. The fourth-order valence-corrected chi connectivity index (χ4v) is 4.36. The average molecular weight is 370 g/mol. The molecule has 0 saturated heterocycles. The summed E-state index contributed by atoms with van der Waals surface area (Å²) in [5, 5.41) is 11.1. The third-order valence-corrected chi connectivity index (χ3v) is 5.43. The van der Waals surface area contributed by atoms with Crippen LogP contribution in [0.1, 0.15) is 19.3 Å². The molecule has 7 nitrogen and oxygen atoms in total. The lowest BCUT2D eigenvalue weighted by molar-refractivity contribution is -0.387. The molecular formula is C12H17Cl2N3O4S. The van der Waals surface area contributed by atoms with Crippen LogP contribution in [-0.2, 0) is 10.0 Å². The molecule has 0 radical (unpaired) electrons. The van der Waals surface area contributed by atoms with Crippen LogP contribution < -0.4 is 10.5 Å². The Morgan fingerprint density at radius 3 is 2.68 bits per heavy atom. The van der Waals surface area contributed by atoms with Crippen LogP contribution in [0.5, 0.6) is 0 Å². The first-order chi connectivity index (χ1) is 9.85. The fraction of sp³-hybridized carbons (Fsp3) is 0.500. The third kappa shape index (κ3) is 4.08. The molecule has 3 N–H and O–H groups in total. The number of benzene rings is 1. The monoisotopic (exact) mass is 369 g/mol. The molecule has 2 atom stereocenters. The van der Waals surface area contributed by atoms with Crippen LogP contribution in [-0.4, -0.2) is 25.9 Å². The van der Waals surface area contributed by atoms with Gasteiger partial charge in [-0.3, -0.25) is 10.1 Å². The van der Waals surface area contributed by atoms with Gasteiger partial charge in [0.05, 0.1) is 4.92 Å². The van der Waals surface area contributed by atoms with E-state index in [1.807, 2.05) is 0 Å². The zero-order chi connectivity index (χ0) is 15.6. The fourth-order valence-electron chi connectivity index (χ4n) is 2.59. The molecule has 1 aliphatic carbocycles. The first kappa shape index (κ1) is 19.1. The van der Waals surface area contributed by atoms with Gasteiger partial charge in [0.25, 0.3) is 5.69 Å². The molecule has 1 aromatic carbocycles. The molecule has 22 heavy (non-hydrogen) atoms. The summed E-state index contributed by atoms with van der Waals surface area (Å²) >= 11 is 5.77. The second-order valence-corrected chi connectivity index (χ2v) is 7.14. The van der Waals surface area contributed by atoms with Crippen LogP contribution in [0.15, 0.2) is 23.1 Å². The Morgan fingerprint density at radius 1 is 1.41 bits per heavy atom. The summed E-state index contributed by atoms with van der Waals surface area (Å²) in [6.45, 7) is 0.380. The number of nitro groups is 1. The van der Waals surface area contributed by atoms with E-state index in [-0.39, 0.29) is 29.4 Å². The largest absolute Gasteiger partial charge is 0.330 e. The first-order valence-corrected chi connectivity index (χ1v) is 8.37. The summed E-state index contributed by atoms with van der Waals surface area (Å²) in [6, 6.07) is 3.18. The highest BCUT2D eigenvalue weighted by atomic mass is 35.5. The zero-order valence-corrected chi connectivity index (χ0v) is 14.0. The quantitative estimate of drug-likeness (QED) is 0.608. The van der Waals surface area contributed by atoms with Gasteiger partial charge in [-0.2, -0.15) is 0 Å². The van der Waals surface area contributed by atoms with Crippen molar-refractivity contribution >= 4 is 39.7 Å². The summed E-state index contributed by atoms with van der Waals surface area (Å²) in [5.74, 6) is 0.0537. The molecule has 1 aromatic rings. The van der Waals surface area contributed by atoms with Gasteiger partial charge in [0, 0.05) is 17.1 Å². The van der Waals surface area contributed by atoms with Crippen molar-refractivity contribution < 1.29 is 13.3 Å². The van der Waals surface area contributed by atoms with Crippen molar-refractivity contribution in [3.05, 3.63) is 33.3 Å². The normalized spacial score (nSPS) is 21.4. The maximum Gasteiger partial charge on any atom is 0.289 e. The van der Waals surface area contributed by atoms with Crippen LogP contribution >= 0.6 is 24.0 Å². The lowest BCUT2D eigenvalue weighted by Gasteiger charge is -2.19. The molecule has 1 saturated carbocycles. The number of nitro benzene ring substituents is 1. The number of nitrogens with two attached hydrogens (primary N) is 1. The average Bonchev–Trinajstić information content (AvgIpc) is 2.84. The van der Waals surface area contributed by atoms with Crippen LogP contribution in [0.2, 0.25) is 5.02 Å². The Bertz CT molecular complexity index is 654. The molecule has 0 spiro atoms. The minimum absolute atomic E-state index is 0. The SMILES string of the molecule is Cl.NCC1CCCC1NS(=O)(=O)c1cc(Cl)ccc1[N+](=O)[O-]. The van der Waals surface area contributed by atoms with E-state index in [9.17, 15) is 18.5 Å². The van der Waals surface area contributed by atoms with Crippen LogP contribution in [0.4, 0.5) is 5.69 Å². The van der Waals surface area contributed by atoms with E-state index < -0.39 is 25.5 Å². The minimum Gasteiger partial charge on any atom is -0.330 e. The second-order valence-electron chi connectivity index (χ2n) is 5.02. The van der Waals surface area contributed by atoms with Gasteiger partial charge in [-0.15, -0.1) is 12.4 Å². The molecule has 2 unspecified atom stereocenters. The van der Waals surface area contributed by atoms with E-state index in [1.165, 1.54) is 6.07 Å². The summed E-state index contributed by atoms with van der Waals surface area (Å²) in [4.78, 5) is 9.84. The van der Waals surface area contributed by atoms with Gasteiger partial charge in [-0.05, 0) is 37.4 Å². The van der Waals surface area contributed by atoms with E-state index in [4.69, 9.17) is 17.3 Å². The molecule has 1 fully saturated rings. The first-order valence-electron chi connectivity index (χ1n) is 6.51. The highest BCUT2D eigenvalue weighted by molar-refractivity contribution is 7.89. The van der Waals surface area contributed by atoms with Crippen molar-refractivity contribution in [2.24, 2.45) is 11.7 Å². The van der Waals surface area contributed by atoms with Gasteiger partial charge >= 0.3 is 0 Å². The summed E-state index contributed by atoms with van der Waals surface area (Å²) in [6.07, 6.45) is 2.41. The van der Waals surface area contributed by atoms with Crippen molar-refractivity contribution in [2.75, 3.05) is 6.54 Å². The molecule has 2 rings (SSSR count). The van der Waals surface area contributed by atoms with Gasteiger partial charge in [-0.25, -0.2) is 13.1 Å². The number of hydrogen-bond donors (Lipinski definition) is 2. The molecular weight excluding hydrogens is 353 g/mol. The van der Waals surface area contributed by atoms with Gasteiger partial charge in [-0.1, -0.05) is 18.0 Å². The van der Waals surface area contributed by atoms with E-state index >= 15 is 0 Å². The summed E-state index contributed by atoms with van der Waals surface area (Å²) in [7, 11) is -4.02. The predicted molar refractivity (Wildman–Crippen MR) is 85.9 cm³/mol. The van der Waals surface area contributed by atoms with Gasteiger partial charge in [0.2, 0.25) is 10.0 Å². The molecule has 0 aliphatic heterocycles. The number of halogens is 2. The van der Waals surface area contributed by atoms with Crippen molar-refractivity contribution in [3.8, 4) is 0 Å². The van der Waals surface area contributed by atoms with Gasteiger partial charge < -0.3 is 5.73 Å². The molecule has 0 bridgehead atoms. The van der Waals surface area contributed by atoms with Gasteiger partial charge in [0.15, 0.2) is 4.90 Å². The molecule has 0 heterocycles. The van der Waals surface area contributed by atoms with E-state index in [2.05, 4.69) is 4.72 Å². The molecule has 124 valence electrons. The highest BCUT2D eigenvalue weighted by Crippen LogP contribution is 2.30. The summed E-state index contributed by atoms with van der Waals surface area (Å²) in [5.41, 5.74) is 5.13. The Balaban J connectivity index is 0.00000242. The Hall–Kier alpha value is -0.930.